The van der Waals surface area contributed by atoms with E-state index < -0.39 is 0 Å². The second kappa shape index (κ2) is 6.53. The molecule has 0 aromatic rings. The zero-order valence-electron chi connectivity index (χ0n) is 11.4. The van der Waals surface area contributed by atoms with Crippen molar-refractivity contribution in [1.29, 1.82) is 0 Å². The van der Waals surface area contributed by atoms with Crippen molar-refractivity contribution in [3.63, 3.8) is 0 Å². The van der Waals surface area contributed by atoms with Crippen LogP contribution in [0.15, 0.2) is 0 Å². The van der Waals surface area contributed by atoms with Gasteiger partial charge in [0.1, 0.15) is 0 Å². The quantitative estimate of drug-likeness (QED) is 0.787. The van der Waals surface area contributed by atoms with E-state index in [0.29, 0.717) is 24.4 Å². The number of likely N-dealkylation sites (tertiary alicyclic amines) is 1. The summed E-state index contributed by atoms with van der Waals surface area (Å²) in [5, 5.41) is 12.3. The number of amides is 1. The van der Waals surface area contributed by atoms with Gasteiger partial charge in [-0.25, -0.2) is 0 Å². The molecule has 104 valence electrons. The molecule has 18 heavy (non-hydrogen) atoms. The Hall–Kier alpha value is -0.610. The van der Waals surface area contributed by atoms with Crippen molar-refractivity contribution in [3.8, 4) is 0 Å². The summed E-state index contributed by atoms with van der Waals surface area (Å²) in [6.45, 7) is 4.79. The smallest absolute Gasteiger partial charge is 0.234 e. The predicted octanol–water partition coefficient (Wildman–Crippen LogP) is 0.995. The Morgan fingerprint density at radius 3 is 2.78 bits per heavy atom. The van der Waals surface area contributed by atoms with Crippen molar-refractivity contribution in [2.75, 3.05) is 26.2 Å². The minimum absolute atomic E-state index is 0.160. The lowest BCUT2D eigenvalue weighted by Gasteiger charge is -2.30. The van der Waals surface area contributed by atoms with E-state index >= 15 is 0 Å². The average molecular weight is 254 g/mol. The fraction of sp³-hybridized carbons (Fsp3) is 0.929. The maximum Gasteiger partial charge on any atom is 0.234 e. The number of aliphatic hydroxyl groups is 1. The fourth-order valence-electron chi connectivity index (χ4n) is 3.19. The Kier molecular flexibility index (Phi) is 5.01. The first-order valence-electron chi connectivity index (χ1n) is 7.31. The summed E-state index contributed by atoms with van der Waals surface area (Å²) in [4.78, 5) is 14.1. The molecular formula is C14H26N2O2. The normalized spacial score (nSPS) is 33.6. The average Bonchev–Trinajstić information content (AvgIpc) is 2.80. The Labute approximate surface area is 110 Å². The van der Waals surface area contributed by atoms with Crippen LogP contribution in [0.1, 0.15) is 39.0 Å². The molecular weight excluding hydrogens is 228 g/mol. The van der Waals surface area contributed by atoms with Crippen LogP contribution in [0.5, 0.6) is 0 Å². The van der Waals surface area contributed by atoms with Crippen LogP contribution in [0.3, 0.4) is 0 Å². The summed E-state index contributed by atoms with van der Waals surface area (Å²) in [6.07, 6.45) is 5.93. The van der Waals surface area contributed by atoms with E-state index in [9.17, 15) is 4.79 Å². The van der Waals surface area contributed by atoms with Gasteiger partial charge in [0.05, 0.1) is 6.54 Å². The van der Waals surface area contributed by atoms with Crippen molar-refractivity contribution < 1.29 is 9.90 Å². The monoisotopic (exact) mass is 254 g/mol. The Balaban J connectivity index is 1.71. The Morgan fingerprint density at radius 2 is 2.11 bits per heavy atom. The van der Waals surface area contributed by atoms with E-state index in [0.717, 1.165) is 25.9 Å². The summed E-state index contributed by atoms with van der Waals surface area (Å²) >= 11 is 0. The van der Waals surface area contributed by atoms with Gasteiger partial charge in [-0.05, 0) is 37.6 Å². The number of hydrogen-bond acceptors (Lipinski definition) is 3. The summed E-state index contributed by atoms with van der Waals surface area (Å²) in [5.41, 5.74) is 0. The maximum atomic E-state index is 12.0. The molecule has 0 aromatic carbocycles. The minimum atomic E-state index is 0.160. The second-order valence-electron chi connectivity index (χ2n) is 6.01. The van der Waals surface area contributed by atoms with Crippen LogP contribution >= 0.6 is 0 Å². The van der Waals surface area contributed by atoms with E-state index in [-0.39, 0.29) is 12.5 Å². The molecule has 4 nitrogen and oxygen atoms in total. The van der Waals surface area contributed by atoms with E-state index in [2.05, 4.69) is 17.1 Å². The highest BCUT2D eigenvalue weighted by Gasteiger charge is 2.26. The first kappa shape index (κ1) is 13.8. The van der Waals surface area contributed by atoms with Gasteiger partial charge in [0.2, 0.25) is 5.91 Å². The van der Waals surface area contributed by atoms with Gasteiger partial charge in [-0.1, -0.05) is 19.8 Å². The van der Waals surface area contributed by atoms with E-state index in [1.165, 1.54) is 19.3 Å². The molecule has 0 radical (unpaired) electrons. The van der Waals surface area contributed by atoms with Crippen LogP contribution in [0.2, 0.25) is 0 Å². The van der Waals surface area contributed by atoms with Gasteiger partial charge >= 0.3 is 0 Å². The zero-order valence-corrected chi connectivity index (χ0v) is 11.4. The highest BCUT2D eigenvalue weighted by molar-refractivity contribution is 5.78. The topological polar surface area (TPSA) is 52.6 Å². The van der Waals surface area contributed by atoms with Crippen molar-refractivity contribution in [2.24, 2.45) is 11.8 Å². The minimum Gasteiger partial charge on any atom is -0.396 e. The van der Waals surface area contributed by atoms with Crippen molar-refractivity contribution in [3.05, 3.63) is 0 Å². The molecule has 3 atom stereocenters. The molecule has 1 aliphatic heterocycles. The summed E-state index contributed by atoms with van der Waals surface area (Å²) in [6, 6.07) is 0.377. The number of carbonyl (C=O) groups is 1. The molecule has 1 saturated heterocycles. The number of hydrogen-bond donors (Lipinski definition) is 2. The van der Waals surface area contributed by atoms with Gasteiger partial charge in [0.15, 0.2) is 0 Å². The molecule has 1 amide bonds. The molecule has 3 unspecified atom stereocenters. The van der Waals surface area contributed by atoms with Crippen LogP contribution in [-0.4, -0.2) is 48.2 Å². The molecule has 1 heterocycles. The molecule has 2 N–H and O–H groups in total. The van der Waals surface area contributed by atoms with Crippen molar-refractivity contribution >= 4 is 5.91 Å². The number of rotatable bonds is 4. The molecule has 4 heteroatoms. The van der Waals surface area contributed by atoms with Gasteiger partial charge in [0, 0.05) is 19.2 Å². The predicted molar refractivity (Wildman–Crippen MR) is 71.2 cm³/mol. The third-order valence-corrected chi connectivity index (χ3v) is 4.45. The van der Waals surface area contributed by atoms with E-state index in [1.807, 2.05) is 0 Å². The van der Waals surface area contributed by atoms with Crippen LogP contribution in [0.4, 0.5) is 0 Å². The maximum absolute atomic E-state index is 12.0. The first-order chi connectivity index (χ1) is 8.69. The molecule has 2 rings (SSSR count). The number of carbonyl (C=O) groups excluding carboxylic acids is 1. The van der Waals surface area contributed by atoms with Crippen LogP contribution in [-0.2, 0) is 4.79 Å². The molecule has 1 aliphatic carbocycles. The lowest BCUT2D eigenvalue weighted by atomic mass is 9.86. The van der Waals surface area contributed by atoms with Crippen LogP contribution < -0.4 is 5.32 Å². The molecule has 2 aliphatic rings. The largest absolute Gasteiger partial charge is 0.396 e. The molecule has 0 aromatic heterocycles. The zero-order chi connectivity index (χ0) is 13.0. The molecule has 0 bridgehead atoms. The van der Waals surface area contributed by atoms with Gasteiger partial charge in [-0.2, -0.15) is 0 Å². The number of nitrogens with zero attached hydrogens (tertiary/aromatic N) is 1. The van der Waals surface area contributed by atoms with Crippen LogP contribution in [0, 0.1) is 11.8 Å². The van der Waals surface area contributed by atoms with Gasteiger partial charge < -0.3 is 10.4 Å². The van der Waals surface area contributed by atoms with Gasteiger partial charge in [0.25, 0.3) is 0 Å². The SMILES string of the molecule is CC1CCCCC1NC(=O)CN1CCC(CO)C1. The second-order valence-corrected chi connectivity index (χ2v) is 6.01. The molecule has 0 spiro atoms. The first-order valence-corrected chi connectivity index (χ1v) is 7.31. The van der Waals surface area contributed by atoms with E-state index in [1.54, 1.807) is 0 Å². The standard InChI is InChI=1S/C14H26N2O2/c1-11-4-2-3-5-13(11)15-14(18)9-16-7-6-12(8-16)10-17/h11-13,17H,2-10H2,1H3,(H,15,18). The summed E-state index contributed by atoms with van der Waals surface area (Å²) < 4.78 is 0. The summed E-state index contributed by atoms with van der Waals surface area (Å²) in [7, 11) is 0. The highest BCUT2D eigenvalue weighted by Crippen LogP contribution is 2.23. The Morgan fingerprint density at radius 1 is 1.33 bits per heavy atom. The lowest BCUT2D eigenvalue weighted by Crippen LogP contribution is -2.45. The van der Waals surface area contributed by atoms with Gasteiger partial charge in [-0.3, -0.25) is 9.69 Å². The van der Waals surface area contributed by atoms with E-state index in [4.69, 9.17) is 5.11 Å². The lowest BCUT2D eigenvalue weighted by molar-refractivity contribution is -0.123. The van der Waals surface area contributed by atoms with Crippen molar-refractivity contribution in [2.45, 2.75) is 45.1 Å². The highest BCUT2D eigenvalue weighted by atomic mass is 16.3. The summed E-state index contributed by atoms with van der Waals surface area (Å²) in [5.74, 6) is 1.14. The molecule has 1 saturated carbocycles. The van der Waals surface area contributed by atoms with Crippen molar-refractivity contribution in [1.82, 2.24) is 10.2 Å². The third-order valence-electron chi connectivity index (χ3n) is 4.45. The van der Waals surface area contributed by atoms with Gasteiger partial charge in [-0.15, -0.1) is 0 Å². The Bertz CT molecular complexity index is 283. The van der Waals surface area contributed by atoms with Crippen LogP contribution in [0.25, 0.3) is 0 Å². The number of aliphatic hydroxyl groups excluding tert-OH is 1. The molecule has 2 fully saturated rings. The number of nitrogens with one attached hydrogen (secondary N) is 1. The fourth-order valence-corrected chi connectivity index (χ4v) is 3.19. The third kappa shape index (κ3) is 3.69.